The first-order valence-electron chi connectivity index (χ1n) is 11.9. The van der Waals surface area contributed by atoms with Crippen LogP contribution in [0.1, 0.15) is 66.4 Å². The van der Waals surface area contributed by atoms with Crippen LogP contribution >= 0.6 is 12.4 Å². The van der Waals surface area contributed by atoms with Gasteiger partial charge in [0.05, 0.1) is 5.69 Å². The largest absolute Gasteiger partial charge is 0.368 e. The maximum atomic E-state index is 14.7. The molecule has 1 aliphatic heterocycles. The lowest BCUT2D eigenvalue weighted by Crippen LogP contribution is -2.51. The first-order valence-corrected chi connectivity index (χ1v) is 11.9. The number of nitrogens with zero attached hydrogens (tertiary/aromatic N) is 2. The molecule has 2 N–H and O–H groups in total. The molecule has 2 aromatic rings. The first-order chi connectivity index (χ1) is 16.0. The summed E-state index contributed by atoms with van der Waals surface area (Å²) in [5.41, 5.74) is 1.87. The monoisotopic (exact) mass is 510 g/mol. The van der Waals surface area contributed by atoms with Crippen molar-refractivity contribution in [3.05, 3.63) is 62.1 Å². The molecule has 1 amide bonds. The highest BCUT2D eigenvalue weighted by Crippen LogP contribution is 2.30. The minimum atomic E-state index is -0.496. The van der Waals surface area contributed by atoms with Crippen molar-refractivity contribution in [3.63, 3.8) is 0 Å². The smallest absolute Gasteiger partial charge is 0.255 e. The molecule has 9 heteroatoms. The van der Waals surface area contributed by atoms with Gasteiger partial charge in [0, 0.05) is 55.1 Å². The van der Waals surface area contributed by atoms with Gasteiger partial charge in [-0.15, -0.1) is 12.4 Å². The van der Waals surface area contributed by atoms with E-state index in [0.29, 0.717) is 29.9 Å². The van der Waals surface area contributed by atoms with Crippen molar-refractivity contribution in [1.29, 1.82) is 0 Å². The van der Waals surface area contributed by atoms with E-state index < -0.39 is 17.5 Å². The number of benzene rings is 1. The number of pyridine rings is 1. The molecule has 1 fully saturated rings. The lowest BCUT2D eigenvalue weighted by molar-refractivity contribution is 0.0949. The predicted octanol–water partition coefficient (Wildman–Crippen LogP) is 4.30. The van der Waals surface area contributed by atoms with Gasteiger partial charge in [0.1, 0.15) is 11.6 Å². The van der Waals surface area contributed by atoms with E-state index in [-0.39, 0.29) is 52.9 Å². The summed E-state index contributed by atoms with van der Waals surface area (Å²) in [6.45, 7) is 11.8. The van der Waals surface area contributed by atoms with Gasteiger partial charge in [-0.2, -0.15) is 0 Å². The van der Waals surface area contributed by atoms with Gasteiger partial charge in [-0.3, -0.25) is 9.59 Å². The van der Waals surface area contributed by atoms with Crippen LogP contribution < -0.4 is 21.1 Å². The van der Waals surface area contributed by atoms with Crippen LogP contribution in [0.25, 0.3) is 0 Å². The molecule has 1 aliphatic rings. The fraction of sp³-hybridized carbons (Fsp3) is 0.538. The number of hydrogen-bond donors (Lipinski definition) is 2. The summed E-state index contributed by atoms with van der Waals surface area (Å²) < 4.78 is 30.4. The molecule has 1 saturated heterocycles. The number of carbonyl (C=O) groups is 1. The third-order valence-electron chi connectivity index (χ3n) is 7.09. The van der Waals surface area contributed by atoms with Gasteiger partial charge in [-0.1, -0.05) is 0 Å². The number of amides is 1. The highest BCUT2D eigenvalue weighted by Gasteiger charge is 2.29. The predicted molar refractivity (Wildman–Crippen MR) is 139 cm³/mol. The Bertz CT molecular complexity index is 1140. The van der Waals surface area contributed by atoms with Crippen LogP contribution in [-0.2, 0) is 13.6 Å². The number of piperidine rings is 1. The molecule has 1 aromatic carbocycles. The van der Waals surface area contributed by atoms with E-state index in [1.807, 2.05) is 13.8 Å². The van der Waals surface area contributed by atoms with E-state index in [9.17, 15) is 18.4 Å². The average molecular weight is 511 g/mol. The summed E-state index contributed by atoms with van der Waals surface area (Å²) in [5.74, 6) is -1.46. The standard InChI is InChI=1S/C26H36F2N4O2.ClH/c1-8-32(20-9-14(2)30-15(3)10-20)23-12-19(27)11-21(16(23)4)25(33)29-13-22-17(5)24(28)18(6)31(7)26(22)34;/h11-12,14-15,20,30H,8-10,13H2,1-7H3,(H,29,33);1H/t14-,15-;/m1./s1. The topological polar surface area (TPSA) is 66.4 Å². The molecule has 3 rings (SSSR count). The highest BCUT2D eigenvalue weighted by molar-refractivity contribution is 5.97. The molecule has 194 valence electrons. The first kappa shape index (κ1) is 28.8. The highest BCUT2D eigenvalue weighted by atomic mass is 35.5. The third-order valence-corrected chi connectivity index (χ3v) is 7.09. The van der Waals surface area contributed by atoms with Crippen molar-refractivity contribution >= 4 is 24.0 Å². The molecule has 0 bridgehead atoms. The van der Waals surface area contributed by atoms with Crippen LogP contribution in [0.3, 0.4) is 0 Å². The number of anilines is 1. The van der Waals surface area contributed by atoms with Gasteiger partial charge in [-0.25, -0.2) is 8.78 Å². The zero-order valence-corrected chi connectivity index (χ0v) is 22.4. The van der Waals surface area contributed by atoms with Gasteiger partial charge >= 0.3 is 0 Å². The Labute approximate surface area is 212 Å². The van der Waals surface area contributed by atoms with E-state index in [1.54, 1.807) is 0 Å². The number of nitrogens with one attached hydrogen (secondary N) is 2. The Morgan fingerprint density at radius 3 is 2.31 bits per heavy atom. The Hall–Kier alpha value is -2.45. The molecule has 0 saturated carbocycles. The fourth-order valence-electron chi connectivity index (χ4n) is 5.15. The Balaban J connectivity index is 0.00000432. The summed E-state index contributed by atoms with van der Waals surface area (Å²) in [6, 6.07) is 3.63. The van der Waals surface area contributed by atoms with Crippen molar-refractivity contribution in [3.8, 4) is 0 Å². The Morgan fingerprint density at radius 1 is 1.14 bits per heavy atom. The van der Waals surface area contributed by atoms with Crippen molar-refractivity contribution < 1.29 is 13.6 Å². The van der Waals surface area contributed by atoms with Crippen molar-refractivity contribution in [2.45, 2.75) is 79.1 Å². The van der Waals surface area contributed by atoms with Crippen molar-refractivity contribution in [2.24, 2.45) is 7.05 Å². The number of aromatic nitrogens is 1. The normalized spacial score (nSPS) is 19.7. The van der Waals surface area contributed by atoms with Crippen LogP contribution in [0.15, 0.2) is 16.9 Å². The molecular formula is C26H37ClF2N4O2. The van der Waals surface area contributed by atoms with Crippen molar-refractivity contribution in [2.75, 3.05) is 11.4 Å². The number of hydrogen-bond acceptors (Lipinski definition) is 4. The van der Waals surface area contributed by atoms with E-state index >= 15 is 0 Å². The van der Waals surface area contributed by atoms with Gasteiger partial charge in [0.25, 0.3) is 11.5 Å². The lowest BCUT2D eigenvalue weighted by atomic mass is 9.92. The van der Waals surface area contributed by atoms with Crippen LogP contribution in [0.5, 0.6) is 0 Å². The second-order valence-corrected chi connectivity index (χ2v) is 9.53. The second kappa shape index (κ2) is 11.5. The SMILES string of the molecule is CCN(c1cc(F)cc(C(=O)NCc2c(C)c(F)c(C)n(C)c2=O)c1C)C1C[C@@H](C)N[C@H](C)C1.Cl. The molecular weight excluding hydrogens is 474 g/mol. The molecule has 0 unspecified atom stereocenters. The third kappa shape index (κ3) is 5.86. The zero-order valence-electron chi connectivity index (χ0n) is 21.6. The summed E-state index contributed by atoms with van der Waals surface area (Å²) in [5, 5.41) is 6.23. The van der Waals surface area contributed by atoms with Crippen molar-refractivity contribution in [1.82, 2.24) is 15.2 Å². The lowest BCUT2D eigenvalue weighted by Gasteiger charge is -2.41. The minimum absolute atomic E-state index is 0. The van der Waals surface area contributed by atoms with E-state index in [4.69, 9.17) is 0 Å². The molecule has 35 heavy (non-hydrogen) atoms. The molecule has 0 radical (unpaired) electrons. The van der Waals surface area contributed by atoms with Gasteiger partial charge in [0.2, 0.25) is 0 Å². The number of rotatable bonds is 6. The summed E-state index contributed by atoms with van der Waals surface area (Å²) >= 11 is 0. The molecule has 6 nitrogen and oxygen atoms in total. The van der Waals surface area contributed by atoms with Gasteiger partial charge < -0.3 is 20.1 Å². The number of halogens is 3. The maximum Gasteiger partial charge on any atom is 0.255 e. The molecule has 0 spiro atoms. The molecule has 2 atom stereocenters. The van der Waals surface area contributed by atoms with Gasteiger partial charge in [-0.05, 0) is 77.6 Å². The Morgan fingerprint density at radius 2 is 1.74 bits per heavy atom. The Kier molecular flexibility index (Phi) is 9.48. The molecule has 2 heterocycles. The van der Waals surface area contributed by atoms with Gasteiger partial charge in [0.15, 0.2) is 0 Å². The maximum absolute atomic E-state index is 14.7. The fourth-order valence-corrected chi connectivity index (χ4v) is 5.15. The summed E-state index contributed by atoms with van der Waals surface area (Å²) in [7, 11) is 1.50. The second-order valence-electron chi connectivity index (χ2n) is 9.53. The minimum Gasteiger partial charge on any atom is -0.368 e. The van der Waals surface area contributed by atoms with E-state index in [0.717, 1.165) is 12.8 Å². The van der Waals surface area contributed by atoms with Crippen LogP contribution in [-0.4, -0.2) is 35.1 Å². The van der Waals surface area contributed by atoms with Crippen LogP contribution in [0, 0.1) is 32.4 Å². The summed E-state index contributed by atoms with van der Waals surface area (Å²) in [6.07, 6.45) is 1.86. The van der Waals surface area contributed by atoms with Crippen LogP contribution in [0.2, 0.25) is 0 Å². The zero-order chi connectivity index (χ0) is 25.3. The average Bonchev–Trinajstić information content (AvgIpc) is 2.78. The molecule has 1 aromatic heterocycles. The summed E-state index contributed by atoms with van der Waals surface area (Å²) in [4.78, 5) is 27.9. The quantitative estimate of drug-likeness (QED) is 0.608. The van der Waals surface area contributed by atoms with Crippen LogP contribution in [0.4, 0.5) is 14.5 Å². The molecule has 0 aliphatic carbocycles. The van der Waals surface area contributed by atoms with E-state index in [2.05, 4.69) is 29.4 Å². The number of carbonyl (C=O) groups excluding carboxylic acids is 1. The van der Waals surface area contributed by atoms with E-state index in [1.165, 1.54) is 37.6 Å².